The molecule has 2 heterocycles. The zero-order valence-corrected chi connectivity index (χ0v) is 10.9. The molecule has 4 nitrogen and oxygen atoms in total. The van der Waals surface area contributed by atoms with E-state index >= 15 is 0 Å². The second kappa shape index (κ2) is 4.76. The Morgan fingerprint density at radius 2 is 2.47 bits per heavy atom. The molecule has 0 aromatic carbocycles. The minimum Gasteiger partial charge on any atom is -0.369 e. The lowest BCUT2D eigenvalue weighted by Crippen LogP contribution is -2.39. The van der Waals surface area contributed by atoms with Gasteiger partial charge in [0.15, 0.2) is 0 Å². The number of rotatable bonds is 4. The summed E-state index contributed by atoms with van der Waals surface area (Å²) in [5, 5.41) is 2.06. The lowest BCUT2D eigenvalue weighted by atomic mass is 9.89. The van der Waals surface area contributed by atoms with Crippen molar-refractivity contribution in [2.24, 2.45) is 16.9 Å². The van der Waals surface area contributed by atoms with Crippen molar-refractivity contribution in [3.63, 3.8) is 0 Å². The molecule has 17 heavy (non-hydrogen) atoms. The Morgan fingerprint density at radius 3 is 2.94 bits per heavy atom. The summed E-state index contributed by atoms with van der Waals surface area (Å²) in [5.41, 5.74) is 10.9. The third-order valence-corrected chi connectivity index (χ3v) is 4.61. The molecule has 1 saturated heterocycles. The summed E-state index contributed by atoms with van der Waals surface area (Å²) in [6.07, 6.45) is 0.824. The first-order chi connectivity index (χ1) is 8.07. The van der Waals surface area contributed by atoms with Gasteiger partial charge in [-0.05, 0) is 31.3 Å². The number of hydrogen-bond acceptors (Lipinski definition) is 4. The molecule has 0 bridgehead atoms. The van der Waals surface area contributed by atoms with Gasteiger partial charge in [0.25, 0.3) is 0 Å². The number of hydrogen-bond donors (Lipinski definition) is 2. The highest BCUT2D eigenvalue weighted by atomic mass is 32.1. The Morgan fingerprint density at radius 1 is 1.71 bits per heavy atom. The smallest absolute Gasteiger partial charge is 0.224 e. The number of thiophene rings is 1. The highest BCUT2D eigenvalue weighted by molar-refractivity contribution is 7.10. The van der Waals surface area contributed by atoms with Crippen molar-refractivity contribution in [3.05, 3.63) is 22.4 Å². The highest BCUT2D eigenvalue weighted by Crippen LogP contribution is 2.35. The fraction of sp³-hybridized carbons (Fsp3) is 0.583. The van der Waals surface area contributed by atoms with Crippen LogP contribution >= 0.6 is 11.3 Å². The van der Waals surface area contributed by atoms with Crippen LogP contribution in [0.4, 0.5) is 0 Å². The van der Waals surface area contributed by atoms with Crippen LogP contribution in [0.2, 0.25) is 0 Å². The summed E-state index contributed by atoms with van der Waals surface area (Å²) in [6.45, 7) is 4.12. The minimum atomic E-state index is -0.398. The van der Waals surface area contributed by atoms with Gasteiger partial charge in [-0.1, -0.05) is 6.07 Å². The molecule has 1 aliphatic rings. The Bertz CT molecular complexity index is 392. The van der Waals surface area contributed by atoms with Crippen molar-refractivity contribution >= 4 is 17.2 Å². The van der Waals surface area contributed by atoms with Crippen LogP contribution in [0, 0.1) is 5.41 Å². The van der Waals surface area contributed by atoms with E-state index in [0.29, 0.717) is 13.1 Å². The molecule has 1 aromatic rings. The number of primary amides is 1. The maximum atomic E-state index is 11.4. The number of carbonyl (C=O) groups excluding carboxylic acids is 1. The van der Waals surface area contributed by atoms with E-state index in [1.54, 1.807) is 11.3 Å². The van der Waals surface area contributed by atoms with E-state index in [1.165, 1.54) is 4.88 Å². The van der Waals surface area contributed by atoms with Crippen molar-refractivity contribution < 1.29 is 4.79 Å². The summed E-state index contributed by atoms with van der Waals surface area (Å²) in [7, 11) is 0. The largest absolute Gasteiger partial charge is 0.369 e. The van der Waals surface area contributed by atoms with Crippen molar-refractivity contribution in [1.29, 1.82) is 0 Å². The van der Waals surface area contributed by atoms with Crippen LogP contribution in [0.25, 0.3) is 0 Å². The van der Waals surface area contributed by atoms with Gasteiger partial charge in [0.2, 0.25) is 5.91 Å². The number of amides is 1. The first-order valence-corrected chi connectivity index (χ1v) is 6.72. The molecule has 2 atom stereocenters. The average Bonchev–Trinajstić information content (AvgIpc) is 2.91. The molecule has 0 aliphatic carbocycles. The molecule has 0 radical (unpaired) electrons. The molecule has 1 aromatic heterocycles. The van der Waals surface area contributed by atoms with E-state index in [-0.39, 0.29) is 11.9 Å². The maximum absolute atomic E-state index is 11.4. The Balaban J connectivity index is 2.12. The van der Waals surface area contributed by atoms with E-state index in [9.17, 15) is 4.79 Å². The molecule has 5 heteroatoms. The zero-order chi connectivity index (χ0) is 12.5. The SMILES string of the molecule is CC1(C(N)=O)CCN(C(CN)c2cccs2)C1. The van der Waals surface area contributed by atoms with Gasteiger partial charge in [0, 0.05) is 18.0 Å². The van der Waals surface area contributed by atoms with Crippen LogP contribution < -0.4 is 11.5 Å². The Labute approximate surface area is 106 Å². The fourth-order valence-corrected chi connectivity index (χ4v) is 3.26. The van der Waals surface area contributed by atoms with E-state index in [1.807, 2.05) is 13.0 Å². The highest BCUT2D eigenvalue weighted by Gasteiger charge is 2.41. The Hall–Kier alpha value is -0.910. The van der Waals surface area contributed by atoms with Crippen LogP contribution in [-0.4, -0.2) is 30.4 Å². The van der Waals surface area contributed by atoms with E-state index in [2.05, 4.69) is 16.3 Å². The van der Waals surface area contributed by atoms with Gasteiger partial charge in [-0.15, -0.1) is 11.3 Å². The van der Waals surface area contributed by atoms with Gasteiger partial charge in [-0.3, -0.25) is 9.69 Å². The molecular formula is C12H19N3OS. The first-order valence-electron chi connectivity index (χ1n) is 5.84. The van der Waals surface area contributed by atoms with Crippen molar-refractivity contribution in [2.45, 2.75) is 19.4 Å². The van der Waals surface area contributed by atoms with Crippen LogP contribution in [-0.2, 0) is 4.79 Å². The second-order valence-electron chi connectivity index (χ2n) is 4.91. The number of nitrogens with two attached hydrogens (primary N) is 2. The molecule has 2 unspecified atom stereocenters. The van der Waals surface area contributed by atoms with Crippen LogP contribution in [0.5, 0.6) is 0 Å². The van der Waals surface area contributed by atoms with Crippen molar-refractivity contribution in [3.8, 4) is 0 Å². The monoisotopic (exact) mass is 253 g/mol. The molecule has 1 amide bonds. The predicted molar refractivity (Wildman–Crippen MR) is 69.6 cm³/mol. The van der Waals surface area contributed by atoms with E-state index < -0.39 is 5.41 Å². The summed E-state index contributed by atoms with van der Waals surface area (Å²) >= 11 is 1.71. The lowest BCUT2D eigenvalue weighted by molar-refractivity contribution is -0.126. The van der Waals surface area contributed by atoms with E-state index in [0.717, 1.165) is 13.0 Å². The zero-order valence-electron chi connectivity index (χ0n) is 10.1. The van der Waals surface area contributed by atoms with E-state index in [4.69, 9.17) is 11.5 Å². The third-order valence-electron chi connectivity index (χ3n) is 3.63. The molecule has 0 spiro atoms. The summed E-state index contributed by atoms with van der Waals surface area (Å²) in [5.74, 6) is -0.207. The quantitative estimate of drug-likeness (QED) is 0.839. The summed E-state index contributed by atoms with van der Waals surface area (Å²) < 4.78 is 0. The van der Waals surface area contributed by atoms with Crippen molar-refractivity contribution in [1.82, 2.24) is 4.90 Å². The van der Waals surface area contributed by atoms with Gasteiger partial charge in [0.05, 0.1) is 11.5 Å². The maximum Gasteiger partial charge on any atom is 0.224 e. The van der Waals surface area contributed by atoms with Gasteiger partial charge >= 0.3 is 0 Å². The molecule has 0 saturated carbocycles. The molecule has 94 valence electrons. The molecule has 2 rings (SSSR count). The third kappa shape index (κ3) is 2.36. The van der Waals surface area contributed by atoms with Crippen LogP contribution in [0.3, 0.4) is 0 Å². The second-order valence-corrected chi connectivity index (χ2v) is 5.89. The predicted octanol–water partition coefficient (Wildman–Crippen LogP) is 0.945. The van der Waals surface area contributed by atoms with Gasteiger partial charge in [-0.2, -0.15) is 0 Å². The summed E-state index contributed by atoms with van der Waals surface area (Å²) in [4.78, 5) is 15.0. The van der Waals surface area contributed by atoms with Gasteiger partial charge in [-0.25, -0.2) is 0 Å². The number of carbonyl (C=O) groups is 1. The van der Waals surface area contributed by atoms with Crippen LogP contribution in [0.15, 0.2) is 17.5 Å². The van der Waals surface area contributed by atoms with Crippen molar-refractivity contribution in [2.75, 3.05) is 19.6 Å². The number of likely N-dealkylation sites (tertiary alicyclic amines) is 1. The number of nitrogens with zero attached hydrogens (tertiary/aromatic N) is 1. The lowest BCUT2D eigenvalue weighted by Gasteiger charge is -2.27. The standard InChI is InChI=1S/C12H19N3OS/c1-12(11(14)16)4-5-15(8-12)9(7-13)10-3-2-6-17-10/h2-3,6,9H,4-5,7-8,13H2,1H3,(H2,14,16). The Kier molecular flexibility index (Phi) is 3.51. The molecule has 4 N–H and O–H groups in total. The minimum absolute atomic E-state index is 0.207. The topological polar surface area (TPSA) is 72.4 Å². The first kappa shape index (κ1) is 12.5. The summed E-state index contributed by atoms with van der Waals surface area (Å²) in [6, 6.07) is 4.35. The van der Waals surface area contributed by atoms with Gasteiger partial charge < -0.3 is 11.5 Å². The average molecular weight is 253 g/mol. The fourth-order valence-electron chi connectivity index (χ4n) is 2.39. The molecular weight excluding hydrogens is 234 g/mol. The van der Waals surface area contributed by atoms with Gasteiger partial charge in [0.1, 0.15) is 0 Å². The molecule has 1 aliphatic heterocycles. The molecule has 1 fully saturated rings. The normalized spacial score (nSPS) is 27.2. The van der Waals surface area contributed by atoms with Crippen LogP contribution in [0.1, 0.15) is 24.3 Å².